The first kappa shape index (κ1) is 19.1. The van der Waals surface area contributed by atoms with Gasteiger partial charge in [-0.1, -0.05) is 12.5 Å². The van der Waals surface area contributed by atoms with Crippen LogP contribution in [0, 0.1) is 24.7 Å². The molecule has 0 aromatic heterocycles. The Balaban J connectivity index is 1.57. The molecule has 2 saturated carbocycles. The van der Waals surface area contributed by atoms with Crippen LogP contribution < -0.4 is 5.32 Å². The third-order valence-corrected chi connectivity index (χ3v) is 6.08. The zero-order valence-corrected chi connectivity index (χ0v) is 16.7. The Kier molecular flexibility index (Phi) is 5.80. The second-order valence-electron chi connectivity index (χ2n) is 7.45. The minimum absolute atomic E-state index is 0.00676. The van der Waals surface area contributed by atoms with Gasteiger partial charge in [0.05, 0.1) is 11.6 Å². The van der Waals surface area contributed by atoms with Crippen LogP contribution in [-0.2, 0) is 19.1 Å². The Bertz CT molecular complexity index is 717. The fraction of sp³-hybridized carbons (Fsp3) is 0.550. The average molecular weight is 422 g/mol. The smallest absolute Gasteiger partial charge is 0.309 e. The lowest BCUT2D eigenvalue weighted by molar-refractivity contribution is -0.161. The number of nitrogens with one attached hydrogen (secondary N) is 1. The van der Waals surface area contributed by atoms with Gasteiger partial charge in [-0.25, -0.2) is 0 Å². The molecule has 1 aromatic rings. The van der Waals surface area contributed by atoms with Gasteiger partial charge >= 0.3 is 5.97 Å². The van der Waals surface area contributed by atoms with Gasteiger partial charge in [-0.2, -0.15) is 0 Å². The number of Topliss-reactive ketones (excluding diaryl/α,β-unsaturated/α-hetero) is 1. The van der Waals surface area contributed by atoms with Crippen LogP contribution in [0.5, 0.6) is 0 Å². The Morgan fingerprint density at radius 1 is 1.23 bits per heavy atom. The van der Waals surface area contributed by atoms with Crippen molar-refractivity contribution in [2.24, 2.45) is 17.8 Å². The summed E-state index contributed by atoms with van der Waals surface area (Å²) in [4.78, 5) is 37.0. The normalized spacial score (nSPS) is 26.1. The second kappa shape index (κ2) is 7.91. The molecule has 2 aliphatic rings. The molecule has 1 aromatic carbocycles. The molecule has 1 unspecified atom stereocenters. The Labute approximate surface area is 162 Å². The molecular weight excluding hydrogens is 398 g/mol. The number of amides is 1. The van der Waals surface area contributed by atoms with E-state index in [1.54, 1.807) is 13.0 Å². The number of carbonyl (C=O) groups is 3. The van der Waals surface area contributed by atoms with E-state index in [1.807, 2.05) is 19.1 Å². The van der Waals surface area contributed by atoms with Crippen molar-refractivity contribution in [1.29, 1.82) is 0 Å². The second-order valence-corrected chi connectivity index (χ2v) is 8.30. The molecule has 0 spiro atoms. The third-order valence-electron chi connectivity index (χ3n) is 5.43. The van der Waals surface area contributed by atoms with Gasteiger partial charge in [0.25, 0.3) is 5.91 Å². The van der Waals surface area contributed by atoms with Crippen molar-refractivity contribution in [3.63, 3.8) is 0 Å². The summed E-state index contributed by atoms with van der Waals surface area (Å²) >= 11 is 3.42. The summed E-state index contributed by atoms with van der Waals surface area (Å²) in [6.07, 6.45) is 3.05. The van der Waals surface area contributed by atoms with Crippen molar-refractivity contribution in [2.75, 3.05) is 5.32 Å². The SMILES string of the molecule is Cc1ccc(NC(=O)[C@H](C)OC(=O)C2C[C@H]3CCC[C@@H](C2)C3=O)c(Br)c1. The van der Waals surface area contributed by atoms with Crippen molar-refractivity contribution in [1.82, 2.24) is 0 Å². The Morgan fingerprint density at radius 2 is 1.88 bits per heavy atom. The highest BCUT2D eigenvalue weighted by atomic mass is 79.9. The number of ether oxygens (including phenoxy) is 1. The Hall–Kier alpha value is -1.69. The summed E-state index contributed by atoms with van der Waals surface area (Å²) in [5.74, 6) is -0.699. The average Bonchev–Trinajstić information content (AvgIpc) is 2.56. The zero-order chi connectivity index (χ0) is 18.8. The largest absolute Gasteiger partial charge is 0.452 e. The third kappa shape index (κ3) is 4.17. The first-order chi connectivity index (χ1) is 12.3. The van der Waals surface area contributed by atoms with Crippen LogP contribution in [0.2, 0.25) is 0 Å². The first-order valence-electron chi connectivity index (χ1n) is 9.16. The van der Waals surface area contributed by atoms with Crippen LogP contribution in [0.25, 0.3) is 0 Å². The highest BCUT2D eigenvalue weighted by Crippen LogP contribution is 2.40. The molecule has 2 bridgehead atoms. The van der Waals surface area contributed by atoms with Crippen LogP contribution in [0.3, 0.4) is 0 Å². The summed E-state index contributed by atoms with van der Waals surface area (Å²) in [6, 6.07) is 5.61. The number of benzene rings is 1. The number of ketones is 1. The lowest BCUT2D eigenvalue weighted by Gasteiger charge is -2.36. The van der Waals surface area contributed by atoms with Crippen LogP contribution in [-0.4, -0.2) is 23.8 Å². The van der Waals surface area contributed by atoms with E-state index in [-0.39, 0.29) is 29.6 Å². The van der Waals surface area contributed by atoms with Crippen LogP contribution in [0.1, 0.15) is 44.6 Å². The lowest BCUT2D eigenvalue weighted by atomic mass is 9.67. The molecule has 1 amide bonds. The van der Waals surface area contributed by atoms with Gasteiger partial charge in [-0.05, 0) is 73.2 Å². The van der Waals surface area contributed by atoms with Gasteiger partial charge in [-0.3, -0.25) is 14.4 Å². The monoisotopic (exact) mass is 421 g/mol. The molecule has 1 N–H and O–H groups in total. The van der Waals surface area contributed by atoms with Gasteiger partial charge in [0.2, 0.25) is 0 Å². The summed E-state index contributed by atoms with van der Waals surface area (Å²) < 4.78 is 6.19. The molecule has 140 valence electrons. The topological polar surface area (TPSA) is 72.5 Å². The fourth-order valence-corrected chi connectivity index (χ4v) is 4.54. The van der Waals surface area contributed by atoms with E-state index in [0.29, 0.717) is 24.3 Å². The number of rotatable bonds is 4. The molecular formula is C20H24BrNO4. The van der Waals surface area contributed by atoms with Crippen molar-refractivity contribution >= 4 is 39.3 Å². The van der Waals surface area contributed by atoms with Crippen LogP contribution in [0.4, 0.5) is 5.69 Å². The van der Waals surface area contributed by atoms with E-state index >= 15 is 0 Å². The number of fused-ring (bicyclic) bond motifs is 2. The van der Waals surface area contributed by atoms with Gasteiger partial charge in [0, 0.05) is 16.3 Å². The number of hydrogen-bond acceptors (Lipinski definition) is 4. The summed E-state index contributed by atoms with van der Waals surface area (Å²) in [7, 11) is 0. The molecule has 0 radical (unpaired) electrons. The summed E-state index contributed by atoms with van der Waals surface area (Å²) in [5.41, 5.74) is 1.72. The molecule has 26 heavy (non-hydrogen) atoms. The lowest BCUT2D eigenvalue weighted by Crippen LogP contribution is -2.41. The predicted octanol–water partition coefficient (Wildman–Crippen LogP) is 4.02. The number of esters is 1. The van der Waals surface area contributed by atoms with Gasteiger partial charge < -0.3 is 10.1 Å². The highest BCUT2D eigenvalue weighted by molar-refractivity contribution is 9.10. The number of aryl methyl sites for hydroxylation is 1. The van der Waals surface area contributed by atoms with Crippen molar-refractivity contribution in [2.45, 2.75) is 52.1 Å². The van der Waals surface area contributed by atoms with Crippen molar-refractivity contribution in [3.05, 3.63) is 28.2 Å². The molecule has 3 rings (SSSR count). The maximum Gasteiger partial charge on any atom is 0.309 e. The first-order valence-corrected chi connectivity index (χ1v) is 9.95. The maximum absolute atomic E-state index is 12.5. The fourth-order valence-electron chi connectivity index (χ4n) is 3.95. The molecule has 6 heteroatoms. The zero-order valence-electron chi connectivity index (χ0n) is 15.1. The van der Waals surface area contributed by atoms with Crippen LogP contribution >= 0.6 is 15.9 Å². The van der Waals surface area contributed by atoms with Crippen molar-refractivity contribution < 1.29 is 19.1 Å². The molecule has 2 aliphatic carbocycles. The molecule has 0 heterocycles. The number of halogens is 1. The van der Waals surface area contributed by atoms with E-state index in [9.17, 15) is 14.4 Å². The maximum atomic E-state index is 12.5. The molecule has 5 nitrogen and oxygen atoms in total. The molecule has 0 saturated heterocycles. The van der Waals surface area contributed by atoms with Gasteiger partial charge in [0.15, 0.2) is 6.10 Å². The van der Waals surface area contributed by atoms with Crippen LogP contribution in [0.15, 0.2) is 22.7 Å². The summed E-state index contributed by atoms with van der Waals surface area (Å²) in [5, 5.41) is 2.78. The quantitative estimate of drug-likeness (QED) is 0.744. The van der Waals surface area contributed by atoms with E-state index in [4.69, 9.17) is 4.74 Å². The number of carbonyl (C=O) groups excluding carboxylic acids is 3. The predicted molar refractivity (Wildman–Crippen MR) is 102 cm³/mol. The molecule has 4 atom stereocenters. The van der Waals surface area contributed by atoms with Gasteiger partial charge in [0.1, 0.15) is 5.78 Å². The minimum atomic E-state index is -0.881. The van der Waals surface area contributed by atoms with E-state index in [1.165, 1.54) is 0 Å². The highest BCUT2D eigenvalue weighted by Gasteiger charge is 2.42. The Morgan fingerprint density at radius 3 is 2.50 bits per heavy atom. The summed E-state index contributed by atoms with van der Waals surface area (Å²) in [6.45, 7) is 3.54. The minimum Gasteiger partial charge on any atom is -0.452 e. The van der Waals surface area contributed by atoms with E-state index in [2.05, 4.69) is 21.2 Å². The molecule has 2 fully saturated rings. The number of hydrogen-bond donors (Lipinski definition) is 1. The van der Waals surface area contributed by atoms with E-state index in [0.717, 1.165) is 29.3 Å². The van der Waals surface area contributed by atoms with Gasteiger partial charge in [-0.15, -0.1) is 0 Å². The van der Waals surface area contributed by atoms with E-state index < -0.39 is 6.10 Å². The van der Waals surface area contributed by atoms with Crippen molar-refractivity contribution in [3.8, 4) is 0 Å². The number of anilines is 1. The molecule has 0 aliphatic heterocycles. The standard InChI is InChI=1S/C20H24BrNO4/c1-11-6-7-17(16(21)8-11)22-19(24)12(2)26-20(25)15-9-13-4-3-5-14(10-15)18(13)23/h6-8,12-15H,3-5,9-10H2,1-2H3,(H,22,24)/t12-,13-,14+,15?/m0/s1.